The Labute approximate surface area is 153 Å². The van der Waals surface area contributed by atoms with E-state index in [2.05, 4.69) is 20.5 Å². The first kappa shape index (κ1) is 17.3. The van der Waals surface area contributed by atoms with Crippen molar-refractivity contribution in [3.05, 3.63) is 23.9 Å². The maximum atomic E-state index is 12.2. The van der Waals surface area contributed by atoms with Gasteiger partial charge in [0.1, 0.15) is 5.82 Å². The zero-order valence-corrected chi connectivity index (χ0v) is 14.9. The van der Waals surface area contributed by atoms with E-state index in [-0.39, 0.29) is 24.7 Å². The van der Waals surface area contributed by atoms with Crippen LogP contribution in [0.1, 0.15) is 50.1 Å². The molecule has 0 saturated heterocycles. The summed E-state index contributed by atoms with van der Waals surface area (Å²) < 4.78 is 0. The Bertz CT molecular complexity index is 681. The molecule has 140 valence electrons. The summed E-state index contributed by atoms with van der Waals surface area (Å²) in [5.41, 5.74) is 1.05. The van der Waals surface area contributed by atoms with Gasteiger partial charge >= 0.3 is 12.0 Å². The smallest absolute Gasteiger partial charge is 0.320 e. The highest BCUT2D eigenvalue weighted by atomic mass is 16.4. The molecule has 3 saturated carbocycles. The molecule has 0 atom stereocenters. The number of aliphatic carboxylic acids is 1. The normalized spacial score (nSPS) is 24.8. The Morgan fingerprint density at radius 3 is 2.62 bits per heavy atom. The number of carboxylic acid groups (broad SMARTS) is 1. The molecule has 3 aliphatic rings. The summed E-state index contributed by atoms with van der Waals surface area (Å²) in [4.78, 5) is 29.8. The molecule has 0 aliphatic heterocycles. The average molecular weight is 358 g/mol. The fourth-order valence-corrected chi connectivity index (χ4v) is 3.62. The Hall–Kier alpha value is -2.15. The van der Waals surface area contributed by atoms with E-state index in [4.69, 9.17) is 5.11 Å². The third-order valence-electron chi connectivity index (χ3n) is 5.50. The summed E-state index contributed by atoms with van der Waals surface area (Å²) in [5.74, 6) is 1.03. The summed E-state index contributed by atoms with van der Waals surface area (Å²) in [5, 5.41) is 14.9. The van der Waals surface area contributed by atoms with E-state index in [1.807, 2.05) is 12.1 Å². The van der Waals surface area contributed by atoms with E-state index >= 15 is 0 Å². The molecular formula is C19H26N4O3. The van der Waals surface area contributed by atoms with Crippen molar-refractivity contribution in [2.75, 3.05) is 18.4 Å². The second kappa shape index (κ2) is 7.23. The van der Waals surface area contributed by atoms with Gasteiger partial charge in [0, 0.05) is 30.2 Å². The quantitative estimate of drug-likeness (QED) is 0.663. The van der Waals surface area contributed by atoms with Crippen LogP contribution >= 0.6 is 0 Å². The van der Waals surface area contributed by atoms with Crippen molar-refractivity contribution in [1.29, 1.82) is 0 Å². The topological polar surface area (TPSA) is 94.6 Å². The number of hydrogen-bond donors (Lipinski definition) is 3. The fraction of sp³-hybridized carbons (Fsp3) is 0.632. The lowest BCUT2D eigenvalue weighted by Gasteiger charge is -2.42. The third-order valence-corrected chi connectivity index (χ3v) is 5.50. The van der Waals surface area contributed by atoms with Gasteiger partial charge in [0.25, 0.3) is 0 Å². The molecule has 4 rings (SSSR count). The third kappa shape index (κ3) is 4.52. The lowest BCUT2D eigenvalue weighted by Crippen LogP contribution is -2.55. The fourth-order valence-electron chi connectivity index (χ4n) is 3.62. The highest BCUT2D eigenvalue weighted by molar-refractivity contribution is 5.88. The molecule has 2 amide bonds. The summed E-state index contributed by atoms with van der Waals surface area (Å²) in [7, 11) is 0. The van der Waals surface area contributed by atoms with Gasteiger partial charge in [-0.05, 0) is 56.6 Å². The van der Waals surface area contributed by atoms with Gasteiger partial charge in [-0.3, -0.25) is 15.0 Å². The maximum Gasteiger partial charge on any atom is 0.320 e. The van der Waals surface area contributed by atoms with Crippen molar-refractivity contribution < 1.29 is 14.7 Å². The minimum Gasteiger partial charge on any atom is -0.480 e. The highest BCUT2D eigenvalue weighted by Crippen LogP contribution is 2.39. The maximum absolute atomic E-state index is 12.2. The highest BCUT2D eigenvalue weighted by Gasteiger charge is 2.37. The molecule has 3 aliphatic carbocycles. The number of pyridine rings is 1. The molecule has 26 heavy (non-hydrogen) atoms. The second-order valence-corrected chi connectivity index (χ2v) is 7.91. The summed E-state index contributed by atoms with van der Waals surface area (Å²) in [6, 6.07) is 5.86. The van der Waals surface area contributed by atoms with Crippen LogP contribution in [0.3, 0.4) is 0 Å². The number of carbonyl (C=O) groups is 2. The number of carbonyl (C=O) groups excluding carboxylic acids is 1. The van der Waals surface area contributed by atoms with Crippen LogP contribution in [0.4, 0.5) is 10.6 Å². The molecule has 1 aromatic rings. The number of aromatic nitrogens is 1. The van der Waals surface area contributed by atoms with Gasteiger partial charge in [-0.1, -0.05) is 6.07 Å². The lowest BCUT2D eigenvalue weighted by atomic mass is 9.85. The zero-order chi connectivity index (χ0) is 18.1. The van der Waals surface area contributed by atoms with E-state index < -0.39 is 5.97 Å². The summed E-state index contributed by atoms with van der Waals surface area (Å²) in [6.45, 7) is 0.964. The molecule has 0 spiro atoms. The van der Waals surface area contributed by atoms with Crippen molar-refractivity contribution in [1.82, 2.24) is 15.2 Å². The van der Waals surface area contributed by atoms with Crippen LogP contribution in [-0.2, 0) is 4.79 Å². The van der Waals surface area contributed by atoms with Gasteiger partial charge in [0.05, 0.1) is 6.54 Å². The van der Waals surface area contributed by atoms with Gasteiger partial charge in [-0.25, -0.2) is 9.78 Å². The molecule has 0 bridgehead atoms. The van der Waals surface area contributed by atoms with E-state index in [9.17, 15) is 9.59 Å². The first-order chi connectivity index (χ1) is 12.6. The minimum atomic E-state index is -0.776. The van der Waals surface area contributed by atoms with Crippen LogP contribution in [0.15, 0.2) is 18.2 Å². The van der Waals surface area contributed by atoms with E-state index in [0.29, 0.717) is 17.7 Å². The lowest BCUT2D eigenvalue weighted by molar-refractivity contribution is -0.139. The van der Waals surface area contributed by atoms with Crippen molar-refractivity contribution in [2.24, 2.45) is 5.92 Å². The number of anilines is 1. The van der Waals surface area contributed by atoms with Gasteiger partial charge in [-0.15, -0.1) is 0 Å². The number of rotatable bonds is 8. The molecule has 7 heteroatoms. The Balaban J connectivity index is 1.23. The van der Waals surface area contributed by atoms with Gasteiger partial charge < -0.3 is 10.4 Å². The molecule has 1 heterocycles. The summed E-state index contributed by atoms with van der Waals surface area (Å²) >= 11 is 0. The molecular weight excluding hydrogens is 332 g/mol. The van der Waals surface area contributed by atoms with Crippen molar-refractivity contribution in [3.8, 4) is 0 Å². The van der Waals surface area contributed by atoms with Crippen LogP contribution in [-0.4, -0.2) is 52.2 Å². The average Bonchev–Trinajstić information content (AvgIpc) is 3.43. The van der Waals surface area contributed by atoms with Gasteiger partial charge in [0.2, 0.25) is 0 Å². The molecule has 3 fully saturated rings. The van der Waals surface area contributed by atoms with Crippen molar-refractivity contribution in [3.63, 3.8) is 0 Å². The predicted molar refractivity (Wildman–Crippen MR) is 97.1 cm³/mol. The molecule has 1 aromatic heterocycles. The van der Waals surface area contributed by atoms with Crippen LogP contribution in [0.5, 0.6) is 0 Å². The molecule has 3 N–H and O–H groups in total. The predicted octanol–water partition coefficient (Wildman–Crippen LogP) is 2.41. The minimum absolute atomic E-state index is 0.0952. The van der Waals surface area contributed by atoms with E-state index in [1.165, 1.54) is 25.7 Å². The number of carboxylic acids is 1. The van der Waals surface area contributed by atoms with Crippen LogP contribution in [0, 0.1) is 5.92 Å². The number of amides is 2. The van der Waals surface area contributed by atoms with Crippen molar-refractivity contribution >= 4 is 17.8 Å². The Morgan fingerprint density at radius 2 is 1.96 bits per heavy atom. The Morgan fingerprint density at radius 1 is 1.19 bits per heavy atom. The largest absolute Gasteiger partial charge is 0.480 e. The number of hydrogen-bond acceptors (Lipinski definition) is 4. The van der Waals surface area contributed by atoms with E-state index in [0.717, 1.165) is 25.1 Å². The summed E-state index contributed by atoms with van der Waals surface area (Å²) in [6.07, 6.45) is 6.39. The second-order valence-electron chi connectivity index (χ2n) is 7.91. The molecule has 0 aromatic carbocycles. The van der Waals surface area contributed by atoms with Crippen LogP contribution in [0.2, 0.25) is 0 Å². The first-order valence-electron chi connectivity index (χ1n) is 9.57. The zero-order valence-electron chi connectivity index (χ0n) is 14.9. The monoisotopic (exact) mass is 358 g/mol. The van der Waals surface area contributed by atoms with Crippen molar-refractivity contribution in [2.45, 2.75) is 56.5 Å². The van der Waals surface area contributed by atoms with Crippen LogP contribution in [0.25, 0.3) is 0 Å². The molecule has 0 unspecified atom stereocenters. The van der Waals surface area contributed by atoms with E-state index in [1.54, 1.807) is 6.07 Å². The number of urea groups is 1. The Kier molecular flexibility index (Phi) is 4.80. The number of nitrogens with zero attached hydrogens (tertiary/aromatic N) is 2. The van der Waals surface area contributed by atoms with Crippen LogP contribution < -0.4 is 10.6 Å². The number of nitrogens with one attached hydrogen (secondary N) is 2. The van der Waals surface area contributed by atoms with Gasteiger partial charge in [0.15, 0.2) is 0 Å². The van der Waals surface area contributed by atoms with Gasteiger partial charge in [-0.2, -0.15) is 0 Å². The molecule has 0 radical (unpaired) electrons. The standard InChI is InChI=1S/C19H26N4O3/c24-18(25)11-23(10-12-4-5-12)15-8-14(9-15)20-19(26)22-17-3-1-2-16(21-17)13-6-7-13/h1-3,12-15H,4-11H2,(H,24,25)(H2,20,21,22,26). The SMILES string of the molecule is O=C(O)CN(CC1CC1)C1CC(NC(=O)Nc2cccc(C3CC3)n2)C1. The molecule has 7 nitrogen and oxygen atoms in total. The first-order valence-corrected chi connectivity index (χ1v) is 9.57.